The van der Waals surface area contributed by atoms with Crippen LogP contribution in [0, 0.1) is 12.8 Å². The number of thiophene rings is 1. The number of rotatable bonds is 3. The Labute approximate surface area is 86.8 Å². The van der Waals surface area contributed by atoms with Gasteiger partial charge in [0.1, 0.15) is 0 Å². The average molecular weight is 208 g/mol. The third kappa shape index (κ3) is 2.42. The molecule has 1 aliphatic rings. The van der Waals surface area contributed by atoms with Crippen molar-refractivity contribution < 1.29 is 4.79 Å². The Morgan fingerprint density at radius 2 is 2.43 bits per heavy atom. The lowest BCUT2D eigenvalue weighted by molar-refractivity contribution is -0.122. The molecule has 0 atom stereocenters. The first-order chi connectivity index (χ1) is 6.75. The summed E-state index contributed by atoms with van der Waals surface area (Å²) in [6, 6.07) is 4.03. The van der Waals surface area contributed by atoms with Gasteiger partial charge in [-0.2, -0.15) is 5.10 Å². The SMILES string of the molecule is Cc1ccc(/C=N\NC(=O)C2CC2)s1. The lowest BCUT2D eigenvalue weighted by Gasteiger charge is -1.93. The van der Waals surface area contributed by atoms with Gasteiger partial charge in [-0.1, -0.05) is 0 Å². The van der Waals surface area contributed by atoms with Gasteiger partial charge in [-0.05, 0) is 31.9 Å². The second kappa shape index (κ2) is 3.92. The fourth-order valence-electron chi connectivity index (χ4n) is 1.12. The molecule has 4 heteroatoms. The summed E-state index contributed by atoms with van der Waals surface area (Å²) in [5.41, 5.74) is 2.54. The number of nitrogens with zero attached hydrogens (tertiary/aromatic N) is 1. The van der Waals surface area contributed by atoms with Gasteiger partial charge in [0.05, 0.1) is 6.21 Å². The number of carbonyl (C=O) groups is 1. The van der Waals surface area contributed by atoms with Gasteiger partial charge in [-0.15, -0.1) is 11.3 Å². The van der Waals surface area contributed by atoms with E-state index in [2.05, 4.69) is 10.5 Å². The van der Waals surface area contributed by atoms with E-state index in [1.54, 1.807) is 17.6 Å². The molecule has 1 fully saturated rings. The Hall–Kier alpha value is -1.16. The standard InChI is InChI=1S/C10H12N2OS/c1-7-2-5-9(14-7)6-11-12-10(13)8-3-4-8/h2,5-6,8H,3-4H2,1H3,(H,12,13)/b11-6-. The first kappa shape index (κ1) is 9.40. The Morgan fingerprint density at radius 1 is 1.64 bits per heavy atom. The highest BCUT2D eigenvalue weighted by Gasteiger charge is 2.29. The largest absolute Gasteiger partial charge is 0.273 e. The van der Waals surface area contributed by atoms with Crippen molar-refractivity contribution in [1.82, 2.24) is 5.43 Å². The van der Waals surface area contributed by atoms with Crippen LogP contribution in [0.5, 0.6) is 0 Å². The maximum Gasteiger partial charge on any atom is 0.243 e. The minimum Gasteiger partial charge on any atom is -0.273 e. The van der Waals surface area contributed by atoms with Crippen LogP contribution in [0.25, 0.3) is 0 Å². The van der Waals surface area contributed by atoms with Crippen LogP contribution in [-0.4, -0.2) is 12.1 Å². The summed E-state index contributed by atoms with van der Waals surface area (Å²) in [7, 11) is 0. The minimum absolute atomic E-state index is 0.0505. The number of nitrogens with one attached hydrogen (secondary N) is 1. The zero-order valence-corrected chi connectivity index (χ0v) is 8.80. The van der Waals surface area contributed by atoms with Crippen LogP contribution >= 0.6 is 11.3 Å². The topological polar surface area (TPSA) is 41.5 Å². The molecule has 3 nitrogen and oxygen atoms in total. The van der Waals surface area contributed by atoms with E-state index in [0.717, 1.165) is 17.7 Å². The predicted molar refractivity (Wildman–Crippen MR) is 57.5 cm³/mol. The third-order valence-corrected chi connectivity index (χ3v) is 3.01. The predicted octanol–water partition coefficient (Wildman–Crippen LogP) is 1.92. The maximum atomic E-state index is 11.2. The summed E-state index contributed by atoms with van der Waals surface area (Å²) in [4.78, 5) is 13.5. The molecule has 0 unspecified atom stereocenters. The number of amides is 1. The molecule has 1 aromatic heterocycles. The number of hydrazone groups is 1. The monoisotopic (exact) mass is 208 g/mol. The third-order valence-electron chi connectivity index (χ3n) is 2.08. The summed E-state index contributed by atoms with van der Waals surface area (Å²) in [5, 5.41) is 3.90. The van der Waals surface area contributed by atoms with Gasteiger partial charge in [0.15, 0.2) is 0 Å². The Balaban J connectivity index is 1.84. The van der Waals surface area contributed by atoms with Gasteiger partial charge in [-0.25, -0.2) is 5.43 Å². The Kier molecular flexibility index (Phi) is 2.63. The average Bonchev–Trinajstić information content (AvgIpc) is 2.92. The summed E-state index contributed by atoms with van der Waals surface area (Å²) in [6.07, 6.45) is 3.72. The highest BCUT2D eigenvalue weighted by Crippen LogP contribution is 2.28. The molecule has 0 aliphatic heterocycles. The molecule has 1 N–H and O–H groups in total. The molecule has 1 heterocycles. The van der Waals surface area contributed by atoms with Crippen molar-refractivity contribution in [2.24, 2.45) is 11.0 Å². The van der Waals surface area contributed by atoms with Crippen molar-refractivity contribution in [3.63, 3.8) is 0 Å². The Bertz CT molecular complexity index is 366. The fourth-order valence-corrected chi connectivity index (χ4v) is 1.87. The summed E-state index contributed by atoms with van der Waals surface area (Å²) in [6.45, 7) is 2.05. The molecule has 0 radical (unpaired) electrons. The van der Waals surface area contributed by atoms with Crippen LogP contribution in [0.15, 0.2) is 17.2 Å². The van der Waals surface area contributed by atoms with Crippen LogP contribution in [0.4, 0.5) is 0 Å². The number of carbonyl (C=O) groups excluding carboxylic acids is 1. The van der Waals surface area contributed by atoms with Gasteiger partial charge in [0.2, 0.25) is 5.91 Å². The Morgan fingerprint density at radius 3 is 3.00 bits per heavy atom. The second-order valence-electron chi connectivity index (χ2n) is 3.46. The van der Waals surface area contributed by atoms with Gasteiger partial charge >= 0.3 is 0 Å². The van der Waals surface area contributed by atoms with Crippen LogP contribution in [-0.2, 0) is 4.79 Å². The van der Waals surface area contributed by atoms with Crippen molar-refractivity contribution in [3.05, 3.63) is 21.9 Å². The zero-order chi connectivity index (χ0) is 9.97. The quantitative estimate of drug-likeness (QED) is 0.598. The first-order valence-corrected chi connectivity index (χ1v) is 5.47. The molecule has 1 amide bonds. The summed E-state index contributed by atoms with van der Waals surface area (Å²) in [5.74, 6) is 0.270. The van der Waals surface area contributed by atoms with E-state index in [1.807, 2.05) is 19.1 Å². The molecule has 0 aromatic carbocycles. The lowest BCUT2D eigenvalue weighted by atomic mass is 10.4. The van der Waals surface area contributed by atoms with Gasteiger partial charge < -0.3 is 0 Å². The highest BCUT2D eigenvalue weighted by molar-refractivity contribution is 7.13. The van der Waals surface area contributed by atoms with Crippen molar-refractivity contribution in [1.29, 1.82) is 0 Å². The smallest absolute Gasteiger partial charge is 0.243 e. The van der Waals surface area contributed by atoms with Gasteiger partial charge in [0.25, 0.3) is 0 Å². The van der Waals surface area contributed by atoms with E-state index < -0.39 is 0 Å². The summed E-state index contributed by atoms with van der Waals surface area (Å²) < 4.78 is 0. The van der Waals surface area contributed by atoms with Crippen molar-refractivity contribution in [3.8, 4) is 0 Å². The maximum absolute atomic E-state index is 11.2. The van der Waals surface area contributed by atoms with Crippen molar-refractivity contribution >= 4 is 23.5 Å². The molecule has 0 bridgehead atoms. The van der Waals surface area contributed by atoms with Crippen molar-refractivity contribution in [2.75, 3.05) is 0 Å². The van der Waals surface area contributed by atoms with Gasteiger partial charge in [0, 0.05) is 15.7 Å². The molecule has 74 valence electrons. The molecule has 1 aliphatic carbocycles. The normalized spacial score (nSPS) is 16.1. The van der Waals surface area contributed by atoms with Crippen LogP contribution in [0.2, 0.25) is 0 Å². The number of aryl methyl sites for hydroxylation is 1. The molecule has 1 aromatic rings. The van der Waals surface area contributed by atoms with E-state index in [-0.39, 0.29) is 11.8 Å². The summed E-state index contributed by atoms with van der Waals surface area (Å²) >= 11 is 1.66. The number of hydrogen-bond acceptors (Lipinski definition) is 3. The second-order valence-corrected chi connectivity index (χ2v) is 4.78. The van der Waals surface area contributed by atoms with E-state index in [4.69, 9.17) is 0 Å². The van der Waals surface area contributed by atoms with Crippen LogP contribution in [0.1, 0.15) is 22.6 Å². The highest BCUT2D eigenvalue weighted by atomic mass is 32.1. The van der Waals surface area contributed by atoms with E-state index in [1.165, 1.54) is 4.88 Å². The van der Waals surface area contributed by atoms with Crippen molar-refractivity contribution in [2.45, 2.75) is 19.8 Å². The lowest BCUT2D eigenvalue weighted by Crippen LogP contribution is -2.18. The number of hydrogen-bond donors (Lipinski definition) is 1. The molecule has 2 rings (SSSR count). The fraction of sp³-hybridized carbons (Fsp3) is 0.400. The minimum atomic E-state index is 0.0505. The molecular weight excluding hydrogens is 196 g/mol. The molecule has 14 heavy (non-hydrogen) atoms. The molecule has 0 spiro atoms. The van der Waals surface area contributed by atoms with E-state index >= 15 is 0 Å². The molecule has 0 saturated heterocycles. The van der Waals surface area contributed by atoms with E-state index in [0.29, 0.717) is 0 Å². The van der Waals surface area contributed by atoms with Crippen LogP contribution in [0.3, 0.4) is 0 Å². The zero-order valence-electron chi connectivity index (χ0n) is 7.99. The van der Waals surface area contributed by atoms with Gasteiger partial charge in [-0.3, -0.25) is 4.79 Å². The first-order valence-electron chi connectivity index (χ1n) is 4.65. The van der Waals surface area contributed by atoms with E-state index in [9.17, 15) is 4.79 Å². The molecular formula is C10H12N2OS. The van der Waals surface area contributed by atoms with Crippen LogP contribution < -0.4 is 5.43 Å². The molecule has 1 saturated carbocycles.